The van der Waals surface area contributed by atoms with Crippen LogP contribution < -0.4 is 10.5 Å². The minimum Gasteiger partial charge on any atom is -0.473 e. The Morgan fingerprint density at radius 1 is 1.16 bits per heavy atom. The molecule has 10 nitrogen and oxygen atoms in total. The number of carbonyl (C=O) groups excluding carboxylic acids is 1. The summed E-state index contributed by atoms with van der Waals surface area (Å²) < 4.78 is 25.9. The van der Waals surface area contributed by atoms with E-state index in [2.05, 4.69) is 75.2 Å². The Labute approximate surface area is 302 Å². The third-order valence-electron chi connectivity index (χ3n) is 9.54. The number of hydrogen-bond donors (Lipinski definition) is 2. The van der Waals surface area contributed by atoms with Gasteiger partial charge < -0.3 is 24.9 Å². The van der Waals surface area contributed by atoms with Gasteiger partial charge in [-0.2, -0.15) is 5.10 Å². The van der Waals surface area contributed by atoms with Crippen molar-refractivity contribution in [2.45, 2.75) is 44.6 Å². The first-order chi connectivity index (χ1) is 25.0. The number of H-pyrrole nitrogens is 1. The number of halogens is 2. The van der Waals surface area contributed by atoms with Gasteiger partial charge in [0.2, 0.25) is 5.88 Å². The largest absolute Gasteiger partial charge is 0.473 e. The Hall–Kier alpha value is -4.68. The molecule has 0 radical (unpaired) electrons. The number of aryl methyl sites for hydroxylation is 1. The molecule has 5 heterocycles. The maximum Gasteiger partial charge on any atom is 0.214 e. The van der Waals surface area contributed by atoms with Crippen LogP contribution in [0.3, 0.4) is 0 Å². The summed E-state index contributed by atoms with van der Waals surface area (Å²) in [6.45, 7) is 8.32. The number of amidine groups is 1. The molecule has 0 saturated carbocycles. The molecule has 0 bridgehead atoms. The Morgan fingerprint density at radius 2 is 2.00 bits per heavy atom. The van der Waals surface area contributed by atoms with Crippen molar-refractivity contribution in [3.8, 4) is 5.88 Å². The van der Waals surface area contributed by atoms with Gasteiger partial charge in [-0.25, -0.2) is 9.37 Å². The summed E-state index contributed by atoms with van der Waals surface area (Å²) in [5.74, 6) is 1.21. The minimum atomic E-state index is -0.386. The average Bonchev–Trinajstić information content (AvgIpc) is 3.69. The maximum absolute atomic E-state index is 14.2. The molecule has 4 aliphatic rings. The zero-order chi connectivity index (χ0) is 35.9. The first kappa shape index (κ1) is 36.1. The van der Waals surface area contributed by atoms with Gasteiger partial charge in [-0.1, -0.05) is 54.1 Å². The Balaban J connectivity index is 0.00000108. The number of pyridine rings is 1. The normalized spacial score (nSPS) is 20.9. The molecular formula is C39H43ClFN7O3. The van der Waals surface area contributed by atoms with Gasteiger partial charge >= 0.3 is 0 Å². The van der Waals surface area contributed by atoms with Gasteiger partial charge in [-0.15, -0.1) is 0 Å². The van der Waals surface area contributed by atoms with Gasteiger partial charge in [0.25, 0.3) is 0 Å². The number of nitrogens with one attached hydrogen (secondary N) is 1. The molecule has 2 aromatic heterocycles. The highest BCUT2D eigenvalue weighted by molar-refractivity contribution is 6.30. The van der Waals surface area contributed by atoms with Gasteiger partial charge in [-0.3, -0.25) is 15.0 Å². The lowest BCUT2D eigenvalue weighted by molar-refractivity contribution is -0.0980. The van der Waals surface area contributed by atoms with Gasteiger partial charge in [0, 0.05) is 54.0 Å². The molecule has 266 valence electrons. The van der Waals surface area contributed by atoms with E-state index in [9.17, 15) is 4.39 Å². The van der Waals surface area contributed by atoms with E-state index in [-0.39, 0.29) is 30.6 Å². The van der Waals surface area contributed by atoms with Crippen LogP contribution in [-0.4, -0.2) is 95.6 Å². The Morgan fingerprint density at radius 3 is 2.75 bits per heavy atom. The molecule has 3 N–H and O–H groups in total. The predicted octanol–water partition coefficient (Wildman–Crippen LogP) is 6.01. The maximum atomic E-state index is 14.2. The number of carbonyl (C=O) groups is 1. The second-order valence-electron chi connectivity index (χ2n) is 12.6. The molecule has 3 aliphatic heterocycles. The number of nitrogens with zero attached hydrogens (tertiary/aromatic N) is 5. The topological polar surface area (TPSA) is 122 Å². The number of benzene rings is 2. The Kier molecular flexibility index (Phi) is 11.7. The molecule has 3 unspecified atom stereocenters. The molecule has 1 fully saturated rings. The summed E-state index contributed by atoms with van der Waals surface area (Å²) in [6, 6.07) is 17.1. The number of aromatic amines is 1. The van der Waals surface area contributed by atoms with Crippen molar-refractivity contribution in [3.05, 3.63) is 112 Å². The van der Waals surface area contributed by atoms with Gasteiger partial charge in [0.05, 0.1) is 35.9 Å². The van der Waals surface area contributed by atoms with Crippen molar-refractivity contribution >= 4 is 46.3 Å². The molecule has 1 aliphatic carbocycles. The van der Waals surface area contributed by atoms with E-state index in [0.717, 1.165) is 73.8 Å². The molecule has 4 aromatic rings. The highest BCUT2D eigenvalue weighted by Crippen LogP contribution is 2.33. The smallest absolute Gasteiger partial charge is 0.214 e. The fourth-order valence-electron chi connectivity index (χ4n) is 6.74. The highest BCUT2D eigenvalue weighted by atomic mass is 35.5. The third kappa shape index (κ3) is 8.12. The molecule has 0 amide bonds. The molecule has 1 saturated heterocycles. The molecule has 0 spiro atoms. The number of allylic oxidation sites excluding steroid dienone is 2. The third-order valence-corrected chi connectivity index (χ3v) is 9.77. The second-order valence-corrected chi connectivity index (χ2v) is 13.1. The van der Waals surface area contributed by atoms with E-state index < -0.39 is 0 Å². The quantitative estimate of drug-likeness (QED) is 0.217. The molecular weight excluding hydrogens is 669 g/mol. The van der Waals surface area contributed by atoms with Crippen molar-refractivity contribution in [2.24, 2.45) is 10.7 Å². The van der Waals surface area contributed by atoms with Crippen LogP contribution in [-0.2, 0) is 16.1 Å². The summed E-state index contributed by atoms with van der Waals surface area (Å²) in [5, 5.41) is 9.01. The number of ether oxygens (including phenoxy) is 2. The van der Waals surface area contributed by atoms with Crippen LogP contribution >= 0.6 is 11.6 Å². The van der Waals surface area contributed by atoms with Crippen LogP contribution in [0.25, 0.3) is 22.0 Å². The first-order valence-electron chi connectivity index (χ1n) is 17.1. The van der Waals surface area contributed by atoms with E-state index in [1.54, 1.807) is 18.2 Å². The lowest BCUT2D eigenvalue weighted by atomic mass is 9.92. The van der Waals surface area contributed by atoms with Crippen molar-refractivity contribution in [1.29, 1.82) is 0 Å². The van der Waals surface area contributed by atoms with Crippen molar-refractivity contribution in [3.63, 3.8) is 0 Å². The Bertz CT molecular complexity index is 1970. The van der Waals surface area contributed by atoms with Crippen LogP contribution in [0.5, 0.6) is 5.88 Å². The lowest BCUT2D eigenvalue weighted by Gasteiger charge is -2.37. The van der Waals surface area contributed by atoms with Crippen LogP contribution in [0.2, 0.25) is 5.02 Å². The number of aromatic nitrogens is 3. The number of rotatable bonds is 9. The van der Waals surface area contributed by atoms with Crippen LogP contribution in [0, 0.1) is 12.7 Å². The van der Waals surface area contributed by atoms with Crippen LogP contribution in [0.1, 0.15) is 35.4 Å². The van der Waals surface area contributed by atoms with Crippen molar-refractivity contribution in [2.75, 3.05) is 39.8 Å². The summed E-state index contributed by atoms with van der Waals surface area (Å²) in [7, 11) is 1.50. The van der Waals surface area contributed by atoms with Crippen LogP contribution in [0.4, 0.5) is 4.39 Å². The standard InChI is InChI=1S/C37H36ClFN6O2.CH5N.CH2O/c1-23-30-17-25(6-9-33(30)43-42-23)26-7-10-34-35(18-26)45(20-29-13-16-46-29)36(40-34)21-44-14-11-24(12-15-44)32-3-2-4-37(41-32)47-22-27-5-8-28(38)19-31(27)39;2*1-2/h2-11,17-19,29,34-35H,12-16,20-22H2,1H3,(H,42,43);2H2,1H3;1H2. The van der Waals surface area contributed by atoms with E-state index in [1.165, 1.54) is 29.8 Å². The number of nitrogens with two attached hydrogens (primary N) is 1. The van der Waals surface area contributed by atoms with E-state index >= 15 is 0 Å². The minimum absolute atomic E-state index is 0.0872. The number of aliphatic imine (C=N–C) groups is 1. The van der Waals surface area contributed by atoms with Gasteiger partial charge in [-0.05, 0) is 73.9 Å². The SMILES string of the molecule is C=O.CN.Cc1[nH]nc2ccc(C3=CC4C(C=C3)N=C(CN3CC=C(c5cccc(OCc6ccc(Cl)cc6F)n5)CC3)N4CC3CCO3)cc12. The van der Waals surface area contributed by atoms with E-state index in [4.69, 9.17) is 35.8 Å². The van der Waals surface area contributed by atoms with Gasteiger partial charge in [0.15, 0.2) is 0 Å². The van der Waals surface area contributed by atoms with Gasteiger partial charge in [0.1, 0.15) is 25.0 Å². The average molecular weight is 712 g/mol. The monoisotopic (exact) mass is 711 g/mol. The number of fused-ring (bicyclic) bond motifs is 2. The summed E-state index contributed by atoms with van der Waals surface area (Å²) in [5.41, 5.74) is 11.5. The zero-order valence-electron chi connectivity index (χ0n) is 28.9. The summed E-state index contributed by atoms with van der Waals surface area (Å²) >= 11 is 5.88. The fourth-order valence-corrected chi connectivity index (χ4v) is 6.89. The first-order valence-corrected chi connectivity index (χ1v) is 17.5. The van der Waals surface area contributed by atoms with Crippen molar-refractivity contribution in [1.82, 2.24) is 25.0 Å². The van der Waals surface area contributed by atoms with E-state index in [0.29, 0.717) is 16.5 Å². The zero-order valence-corrected chi connectivity index (χ0v) is 29.7. The summed E-state index contributed by atoms with van der Waals surface area (Å²) in [4.78, 5) is 22.9. The lowest BCUT2D eigenvalue weighted by Crippen LogP contribution is -2.49. The molecule has 51 heavy (non-hydrogen) atoms. The predicted molar refractivity (Wildman–Crippen MR) is 200 cm³/mol. The highest BCUT2D eigenvalue weighted by Gasteiger charge is 2.38. The molecule has 3 atom stereocenters. The van der Waals surface area contributed by atoms with Crippen LogP contribution in [0.15, 0.2) is 83.9 Å². The second kappa shape index (κ2) is 16.6. The summed E-state index contributed by atoms with van der Waals surface area (Å²) in [6.07, 6.45) is 11.3. The molecule has 8 rings (SSSR count). The van der Waals surface area contributed by atoms with E-state index in [1.807, 2.05) is 18.9 Å². The fraction of sp³-hybridized carbons (Fsp3) is 0.333. The molecule has 12 heteroatoms. The number of hydrogen-bond acceptors (Lipinski definition) is 9. The molecule has 2 aromatic carbocycles. The van der Waals surface area contributed by atoms with Crippen molar-refractivity contribution < 1.29 is 18.7 Å².